The minimum atomic E-state index is -3.76. The lowest BCUT2D eigenvalue weighted by atomic mass is 10.0. The Morgan fingerprint density at radius 3 is 2.47 bits per heavy atom. The van der Waals surface area contributed by atoms with Crippen LogP contribution in [0, 0.1) is 0 Å². The summed E-state index contributed by atoms with van der Waals surface area (Å²) in [6, 6.07) is 14.1. The van der Waals surface area contributed by atoms with Crippen LogP contribution in [0.3, 0.4) is 0 Å². The molecule has 0 spiro atoms. The van der Waals surface area contributed by atoms with E-state index in [2.05, 4.69) is 15.2 Å². The summed E-state index contributed by atoms with van der Waals surface area (Å²) in [6.45, 7) is 0. The molecule has 0 amide bonds. The lowest BCUT2D eigenvalue weighted by molar-refractivity contribution is 0.0994. The standard InChI is InChI=1S/C23H23N5O3S/c24-32(30,31)18-11-9-16(10-12-18)26-23-25-14-15-13-21(29)19-7-3-4-8-20(19)28(22(15)27-23)17-5-1-2-6-17/h3-4,7-12,14,17H,1-2,5-6,13H2,(H2,24,30,31)(H,25,26,27). The molecular formula is C23H23N5O3S. The SMILES string of the molecule is NS(=O)(=O)c1ccc(Nc2ncc3c(n2)N(C2CCCC2)c2ccccc2C(=O)C3)cc1. The monoisotopic (exact) mass is 449 g/mol. The number of rotatable bonds is 4. The molecule has 0 saturated heterocycles. The van der Waals surface area contributed by atoms with Crippen LogP contribution < -0.4 is 15.4 Å². The summed E-state index contributed by atoms with van der Waals surface area (Å²) in [6.07, 6.45) is 6.35. The zero-order valence-corrected chi connectivity index (χ0v) is 18.2. The largest absolute Gasteiger partial charge is 0.324 e. The number of hydrogen-bond acceptors (Lipinski definition) is 7. The summed E-state index contributed by atoms with van der Waals surface area (Å²) in [5, 5.41) is 8.30. The van der Waals surface area contributed by atoms with E-state index >= 15 is 0 Å². The first-order valence-electron chi connectivity index (χ1n) is 10.6. The Balaban J connectivity index is 1.54. The first kappa shape index (κ1) is 20.6. The highest BCUT2D eigenvalue weighted by molar-refractivity contribution is 7.89. The fourth-order valence-electron chi connectivity index (χ4n) is 4.48. The normalized spacial score (nSPS) is 16.4. The topological polar surface area (TPSA) is 118 Å². The number of ketones is 1. The van der Waals surface area contributed by atoms with Gasteiger partial charge in [0.2, 0.25) is 16.0 Å². The highest BCUT2D eigenvalue weighted by atomic mass is 32.2. The van der Waals surface area contributed by atoms with Gasteiger partial charge in [-0.15, -0.1) is 0 Å². The molecule has 5 rings (SSSR count). The van der Waals surface area contributed by atoms with Crippen molar-refractivity contribution in [2.75, 3.05) is 10.2 Å². The van der Waals surface area contributed by atoms with Crippen LogP contribution in [-0.2, 0) is 16.4 Å². The van der Waals surface area contributed by atoms with E-state index in [-0.39, 0.29) is 23.1 Å². The average Bonchev–Trinajstić information content (AvgIpc) is 3.26. The van der Waals surface area contributed by atoms with Gasteiger partial charge in [0.25, 0.3) is 0 Å². The van der Waals surface area contributed by atoms with E-state index in [4.69, 9.17) is 10.1 Å². The fraction of sp³-hybridized carbons (Fsp3) is 0.261. The number of carbonyl (C=O) groups excluding carboxylic acids is 1. The number of para-hydroxylation sites is 1. The van der Waals surface area contributed by atoms with Gasteiger partial charge in [-0.25, -0.2) is 18.5 Å². The number of carbonyl (C=O) groups is 1. The van der Waals surface area contributed by atoms with Crippen molar-refractivity contribution in [2.24, 2.45) is 5.14 Å². The smallest absolute Gasteiger partial charge is 0.238 e. The van der Waals surface area contributed by atoms with Crippen molar-refractivity contribution in [3.8, 4) is 0 Å². The molecule has 1 fully saturated rings. The maximum Gasteiger partial charge on any atom is 0.238 e. The Hall–Kier alpha value is -3.30. The van der Waals surface area contributed by atoms with Crippen molar-refractivity contribution in [2.45, 2.75) is 43.0 Å². The third kappa shape index (κ3) is 3.85. The third-order valence-electron chi connectivity index (χ3n) is 6.01. The number of primary sulfonamides is 1. The molecule has 1 aliphatic heterocycles. The molecule has 3 N–H and O–H groups in total. The number of anilines is 4. The molecule has 2 heterocycles. The number of nitrogens with zero attached hydrogens (tertiary/aromatic N) is 3. The molecule has 2 aliphatic rings. The van der Waals surface area contributed by atoms with Crippen LogP contribution in [0.5, 0.6) is 0 Å². The van der Waals surface area contributed by atoms with Crippen LogP contribution in [0.1, 0.15) is 41.6 Å². The molecule has 2 aromatic carbocycles. The zero-order chi connectivity index (χ0) is 22.3. The Bertz CT molecular complexity index is 1290. The van der Waals surface area contributed by atoms with E-state index in [1.807, 2.05) is 24.3 Å². The summed E-state index contributed by atoms with van der Waals surface area (Å²) in [4.78, 5) is 24.4. The lowest BCUT2D eigenvalue weighted by Crippen LogP contribution is -2.30. The number of fused-ring (bicyclic) bond motifs is 2. The quantitative estimate of drug-likeness (QED) is 0.623. The Kier molecular flexibility index (Phi) is 5.15. The van der Waals surface area contributed by atoms with E-state index in [1.165, 1.54) is 12.1 Å². The summed E-state index contributed by atoms with van der Waals surface area (Å²) in [7, 11) is -3.76. The second-order valence-corrected chi connectivity index (χ2v) is 9.72. The van der Waals surface area contributed by atoms with Gasteiger partial charge in [0.15, 0.2) is 5.78 Å². The predicted molar refractivity (Wildman–Crippen MR) is 122 cm³/mol. The molecule has 0 bridgehead atoms. The van der Waals surface area contributed by atoms with Gasteiger partial charge < -0.3 is 10.2 Å². The number of Topliss-reactive ketones (excluding diaryl/α,β-unsaturated/α-hetero) is 1. The third-order valence-corrected chi connectivity index (χ3v) is 6.94. The van der Waals surface area contributed by atoms with Crippen molar-refractivity contribution >= 4 is 38.9 Å². The Labute approximate surface area is 186 Å². The van der Waals surface area contributed by atoms with Crippen LogP contribution in [0.4, 0.5) is 23.1 Å². The van der Waals surface area contributed by atoms with E-state index < -0.39 is 10.0 Å². The summed E-state index contributed by atoms with van der Waals surface area (Å²) in [5.41, 5.74) is 3.04. The maximum absolute atomic E-state index is 13.0. The molecule has 3 aromatic rings. The molecular weight excluding hydrogens is 426 g/mol. The number of nitrogens with one attached hydrogen (secondary N) is 1. The Morgan fingerprint density at radius 2 is 1.75 bits per heavy atom. The van der Waals surface area contributed by atoms with Gasteiger partial charge in [0, 0.05) is 35.5 Å². The molecule has 0 unspecified atom stereocenters. The van der Waals surface area contributed by atoms with Crippen molar-refractivity contribution in [3.05, 3.63) is 65.9 Å². The van der Waals surface area contributed by atoms with Crippen molar-refractivity contribution in [1.29, 1.82) is 0 Å². The molecule has 32 heavy (non-hydrogen) atoms. The lowest BCUT2D eigenvalue weighted by Gasteiger charge is -2.31. The fourth-order valence-corrected chi connectivity index (χ4v) is 5.00. The first-order chi connectivity index (χ1) is 15.4. The van der Waals surface area contributed by atoms with E-state index in [0.717, 1.165) is 42.8 Å². The number of nitrogens with two attached hydrogens (primary N) is 1. The van der Waals surface area contributed by atoms with Gasteiger partial charge in [-0.2, -0.15) is 4.98 Å². The molecule has 1 saturated carbocycles. The predicted octanol–water partition coefficient (Wildman–Crippen LogP) is 3.69. The second-order valence-electron chi connectivity index (χ2n) is 8.16. The average molecular weight is 450 g/mol. The highest BCUT2D eigenvalue weighted by Crippen LogP contribution is 2.40. The summed E-state index contributed by atoms with van der Waals surface area (Å²) in [5.74, 6) is 1.18. The van der Waals surface area contributed by atoms with E-state index in [0.29, 0.717) is 17.2 Å². The number of aromatic nitrogens is 2. The van der Waals surface area contributed by atoms with Crippen molar-refractivity contribution < 1.29 is 13.2 Å². The second kappa shape index (κ2) is 7.99. The van der Waals surface area contributed by atoms with Gasteiger partial charge in [0.05, 0.1) is 10.6 Å². The Morgan fingerprint density at radius 1 is 1.03 bits per heavy atom. The molecule has 8 nitrogen and oxygen atoms in total. The van der Waals surface area contributed by atoms with Crippen LogP contribution in [0.25, 0.3) is 0 Å². The molecule has 1 aliphatic carbocycles. The minimum absolute atomic E-state index is 0.0356. The number of benzene rings is 2. The van der Waals surface area contributed by atoms with E-state index in [1.54, 1.807) is 18.3 Å². The molecule has 9 heteroatoms. The van der Waals surface area contributed by atoms with E-state index in [9.17, 15) is 13.2 Å². The van der Waals surface area contributed by atoms with Crippen LogP contribution in [-0.4, -0.2) is 30.2 Å². The number of sulfonamides is 1. The van der Waals surface area contributed by atoms with Gasteiger partial charge in [-0.1, -0.05) is 25.0 Å². The van der Waals surface area contributed by atoms with Crippen LogP contribution in [0.15, 0.2) is 59.6 Å². The van der Waals surface area contributed by atoms with Crippen molar-refractivity contribution in [3.63, 3.8) is 0 Å². The van der Waals surface area contributed by atoms with Crippen LogP contribution in [0.2, 0.25) is 0 Å². The van der Waals surface area contributed by atoms with Crippen molar-refractivity contribution in [1.82, 2.24) is 9.97 Å². The first-order valence-corrected chi connectivity index (χ1v) is 12.1. The zero-order valence-electron chi connectivity index (χ0n) is 17.4. The molecule has 0 atom stereocenters. The van der Waals surface area contributed by atoms with Gasteiger partial charge in [0.1, 0.15) is 5.82 Å². The van der Waals surface area contributed by atoms with Crippen LogP contribution >= 0.6 is 0 Å². The highest BCUT2D eigenvalue weighted by Gasteiger charge is 2.33. The maximum atomic E-state index is 13.0. The summed E-state index contributed by atoms with van der Waals surface area (Å²) >= 11 is 0. The van der Waals surface area contributed by atoms with Gasteiger partial charge in [-0.3, -0.25) is 4.79 Å². The molecule has 0 radical (unpaired) electrons. The summed E-state index contributed by atoms with van der Waals surface area (Å²) < 4.78 is 23.0. The van der Waals surface area contributed by atoms with Gasteiger partial charge >= 0.3 is 0 Å². The van der Waals surface area contributed by atoms with Gasteiger partial charge in [-0.05, 0) is 49.2 Å². The molecule has 1 aromatic heterocycles. The minimum Gasteiger partial charge on any atom is -0.324 e. The number of hydrogen-bond donors (Lipinski definition) is 2. The molecule has 164 valence electrons.